The molecule has 1 aromatic carbocycles. The van der Waals surface area contributed by atoms with Gasteiger partial charge in [-0.3, -0.25) is 0 Å². The molecule has 3 heteroatoms. The summed E-state index contributed by atoms with van der Waals surface area (Å²) in [6.45, 7) is 6.68. The Hall–Kier alpha value is -1.06. The molecule has 100 valence electrons. The van der Waals surface area contributed by atoms with Gasteiger partial charge in [-0.05, 0) is 32.4 Å². The fourth-order valence-electron chi connectivity index (χ4n) is 2.67. The van der Waals surface area contributed by atoms with E-state index < -0.39 is 0 Å². The fraction of sp³-hybridized carbons (Fsp3) is 0.600. The average Bonchev–Trinajstić information content (AvgIpc) is 2.92. The number of aryl methyl sites for hydroxylation is 1. The first-order chi connectivity index (χ1) is 8.58. The maximum atomic E-state index is 6.06. The van der Waals surface area contributed by atoms with Gasteiger partial charge in [0, 0.05) is 31.8 Å². The number of anilines is 1. The van der Waals surface area contributed by atoms with Gasteiger partial charge in [-0.1, -0.05) is 17.7 Å². The third-order valence-electron chi connectivity index (χ3n) is 4.41. The van der Waals surface area contributed by atoms with E-state index in [9.17, 15) is 0 Å². The molecule has 18 heavy (non-hydrogen) atoms. The molecule has 0 spiro atoms. The highest BCUT2D eigenvalue weighted by molar-refractivity contribution is 5.49. The summed E-state index contributed by atoms with van der Waals surface area (Å²) in [5.41, 5.74) is 8.53. The summed E-state index contributed by atoms with van der Waals surface area (Å²) in [6, 6.07) is 8.62. The molecule has 0 aliphatic carbocycles. The first-order valence-corrected chi connectivity index (χ1v) is 6.66. The Labute approximate surface area is 110 Å². The Morgan fingerprint density at radius 3 is 2.56 bits per heavy atom. The first-order valence-electron chi connectivity index (χ1n) is 6.66. The lowest BCUT2D eigenvalue weighted by Gasteiger charge is -2.43. The highest BCUT2D eigenvalue weighted by atomic mass is 16.5. The first kappa shape index (κ1) is 13.4. The predicted octanol–water partition coefficient (Wildman–Crippen LogP) is 2.19. The monoisotopic (exact) mass is 248 g/mol. The van der Waals surface area contributed by atoms with E-state index in [0.717, 1.165) is 19.6 Å². The van der Waals surface area contributed by atoms with Gasteiger partial charge in [-0.15, -0.1) is 0 Å². The molecular formula is C15H24N2O. The Kier molecular flexibility index (Phi) is 3.93. The molecule has 2 atom stereocenters. The minimum Gasteiger partial charge on any atom is -0.381 e. The van der Waals surface area contributed by atoms with Gasteiger partial charge in [-0.25, -0.2) is 0 Å². The van der Waals surface area contributed by atoms with Crippen LogP contribution in [0, 0.1) is 12.8 Å². The molecule has 0 saturated carbocycles. The minimum absolute atomic E-state index is 0.0360. The number of rotatable bonds is 4. The second kappa shape index (κ2) is 5.29. The van der Waals surface area contributed by atoms with Gasteiger partial charge >= 0.3 is 0 Å². The van der Waals surface area contributed by atoms with E-state index in [1.54, 1.807) is 0 Å². The van der Waals surface area contributed by atoms with Crippen LogP contribution in [0.4, 0.5) is 5.69 Å². The zero-order valence-corrected chi connectivity index (χ0v) is 11.6. The van der Waals surface area contributed by atoms with Crippen LogP contribution in [-0.2, 0) is 4.74 Å². The molecule has 0 aromatic heterocycles. The second-order valence-electron chi connectivity index (χ2n) is 5.52. The zero-order chi connectivity index (χ0) is 13.2. The van der Waals surface area contributed by atoms with Crippen molar-refractivity contribution < 1.29 is 4.74 Å². The topological polar surface area (TPSA) is 38.5 Å². The average molecular weight is 248 g/mol. The Balaban J connectivity index is 2.23. The number of likely N-dealkylation sites (N-methyl/N-ethyl adjacent to an activating group) is 1. The van der Waals surface area contributed by atoms with Gasteiger partial charge in [0.15, 0.2) is 0 Å². The highest BCUT2D eigenvalue weighted by Gasteiger charge is 2.39. The van der Waals surface area contributed by atoms with E-state index >= 15 is 0 Å². The van der Waals surface area contributed by atoms with Crippen molar-refractivity contribution in [2.24, 2.45) is 11.7 Å². The van der Waals surface area contributed by atoms with Crippen molar-refractivity contribution in [2.75, 3.05) is 31.7 Å². The normalized spacial score (nSPS) is 22.8. The van der Waals surface area contributed by atoms with E-state index in [-0.39, 0.29) is 5.54 Å². The van der Waals surface area contributed by atoms with E-state index in [2.05, 4.69) is 50.1 Å². The molecule has 0 radical (unpaired) electrons. The lowest BCUT2D eigenvalue weighted by Crippen LogP contribution is -2.55. The lowest BCUT2D eigenvalue weighted by molar-refractivity contribution is 0.166. The van der Waals surface area contributed by atoms with Gasteiger partial charge in [-0.2, -0.15) is 0 Å². The third-order valence-corrected chi connectivity index (χ3v) is 4.41. The van der Waals surface area contributed by atoms with Gasteiger partial charge in [0.1, 0.15) is 0 Å². The summed E-state index contributed by atoms with van der Waals surface area (Å²) >= 11 is 0. The van der Waals surface area contributed by atoms with Crippen molar-refractivity contribution in [1.82, 2.24) is 0 Å². The highest BCUT2D eigenvalue weighted by Crippen LogP contribution is 2.33. The number of hydrogen-bond donors (Lipinski definition) is 1. The molecular weight excluding hydrogens is 224 g/mol. The zero-order valence-electron chi connectivity index (χ0n) is 11.6. The van der Waals surface area contributed by atoms with Gasteiger partial charge in [0.2, 0.25) is 0 Å². The molecule has 2 N–H and O–H groups in total. The van der Waals surface area contributed by atoms with Gasteiger partial charge in [0.05, 0.1) is 12.1 Å². The molecule has 1 aromatic rings. The molecule has 3 nitrogen and oxygen atoms in total. The van der Waals surface area contributed by atoms with Crippen molar-refractivity contribution in [2.45, 2.75) is 25.8 Å². The number of hydrogen-bond acceptors (Lipinski definition) is 3. The van der Waals surface area contributed by atoms with E-state index in [1.807, 2.05) is 0 Å². The van der Waals surface area contributed by atoms with Gasteiger partial charge < -0.3 is 15.4 Å². The lowest BCUT2D eigenvalue weighted by atomic mass is 9.83. The van der Waals surface area contributed by atoms with Crippen molar-refractivity contribution in [3.63, 3.8) is 0 Å². The van der Waals surface area contributed by atoms with Crippen LogP contribution < -0.4 is 10.6 Å². The van der Waals surface area contributed by atoms with Crippen LogP contribution in [0.25, 0.3) is 0 Å². The van der Waals surface area contributed by atoms with Gasteiger partial charge in [0.25, 0.3) is 0 Å². The third kappa shape index (κ3) is 2.38. The van der Waals surface area contributed by atoms with Crippen LogP contribution in [-0.4, -0.2) is 32.3 Å². The van der Waals surface area contributed by atoms with Crippen LogP contribution in [0.5, 0.6) is 0 Å². The maximum absolute atomic E-state index is 6.06. The molecule has 1 aliphatic rings. The van der Waals surface area contributed by atoms with E-state index in [4.69, 9.17) is 10.5 Å². The molecule has 2 unspecified atom stereocenters. The standard InChI is InChI=1S/C15H24N2O/c1-12-4-6-14(7-5-12)17(3)15(2,11-16)13-8-9-18-10-13/h4-7,13H,8-11,16H2,1-3H3. The van der Waals surface area contributed by atoms with Crippen LogP contribution in [0.2, 0.25) is 0 Å². The van der Waals surface area contributed by atoms with E-state index in [0.29, 0.717) is 12.5 Å². The van der Waals surface area contributed by atoms with Crippen molar-refractivity contribution in [3.05, 3.63) is 29.8 Å². The maximum Gasteiger partial charge on any atom is 0.0543 e. The molecule has 0 bridgehead atoms. The number of nitrogens with two attached hydrogens (primary N) is 1. The number of ether oxygens (including phenoxy) is 1. The van der Waals surface area contributed by atoms with Crippen LogP contribution in [0.3, 0.4) is 0 Å². The Bertz CT molecular complexity index is 384. The summed E-state index contributed by atoms with van der Waals surface area (Å²) in [6.07, 6.45) is 1.10. The number of benzene rings is 1. The fourth-order valence-corrected chi connectivity index (χ4v) is 2.67. The molecule has 0 amide bonds. The number of nitrogens with zero attached hydrogens (tertiary/aromatic N) is 1. The van der Waals surface area contributed by atoms with Crippen molar-refractivity contribution in [3.8, 4) is 0 Å². The quantitative estimate of drug-likeness (QED) is 0.887. The van der Waals surface area contributed by atoms with Crippen LogP contribution >= 0.6 is 0 Å². The predicted molar refractivity (Wildman–Crippen MR) is 76.0 cm³/mol. The summed E-state index contributed by atoms with van der Waals surface area (Å²) in [4.78, 5) is 2.31. The van der Waals surface area contributed by atoms with Crippen LogP contribution in [0.1, 0.15) is 18.9 Å². The SMILES string of the molecule is Cc1ccc(N(C)C(C)(CN)C2CCOC2)cc1. The minimum atomic E-state index is -0.0360. The Morgan fingerprint density at radius 1 is 1.39 bits per heavy atom. The summed E-state index contributed by atoms with van der Waals surface area (Å²) < 4.78 is 5.53. The van der Waals surface area contributed by atoms with Crippen LogP contribution in [0.15, 0.2) is 24.3 Å². The van der Waals surface area contributed by atoms with Crippen molar-refractivity contribution >= 4 is 5.69 Å². The largest absolute Gasteiger partial charge is 0.381 e. The Morgan fingerprint density at radius 2 is 2.06 bits per heavy atom. The molecule has 1 aliphatic heterocycles. The molecule has 1 heterocycles. The van der Waals surface area contributed by atoms with E-state index in [1.165, 1.54) is 11.3 Å². The summed E-state index contributed by atoms with van der Waals surface area (Å²) in [5.74, 6) is 0.508. The van der Waals surface area contributed by atoms with Crippen molar-refractivity contribution in [1.29, 1.82) is 0 Å². The molecule has 1 saturated heterocycles. The smallest absolute Gasteiger partial charge is 0.0543 e. The molecule has 2 rings (SSSR count). The second-order valence-corrected chi connectivity index (χ2v) is 5.52. The molecule has 1 fully saturated rings. The summed E-state index contributed by atoms with van der Waals surface area (Å²) in [5, 5.41) is 0. The summed E-state index contributed by atoms with van der Waals surface area (Å²) in [7, 11) is 2.13.